The molecule has 1 aliphatic rings. The molecule has 1 aliphatic heterocycles. The van der Waals surface area contributed by atoms with Gasteiger partial charge in [-0.1, -0.05) is 0 Å². The number of piperidine rings is 1. The number of likely N-dealkylation sites (tertiary alicyclic amines) is 1. The van der Waals surface area contributed by atoms with Crippen molar-refractivity contribution in [1.29, 1.82) is 0 Å². The van der Waals surface area contributed by atoms with Gasteiger partial charge in [0.25, 0.3) is 0 Å². The molecule has 1 unspecified atom stereocenters. The van der Waals surface area contributed by atoms with Gasteiger partial charge in [0.1, 0.15) is 5.82 Å². The van der Waals surface area contributed by atoms with Crippen molar-refractivity contribution < 1.29 is 4.39 Å². The molecule has 1 aromatic rings. The van der Waals surface area contributed by atoms with Crippen molar-refractivity contribution in [2.45, 2.75) is 25.8 Å². The maximum absolute atomic E-state index is 13.0. The lowest BCUT2D eigenvalue weighted by atomic mass is 9.95. The molecule has 0 bridgehead atoms. The summed E-state index contributed by atoms with van der Waals surface area (Å²) in [6, 6.07) is 1.57. The summed E-state index contributed by atoms with van der Waals surface area (Å²) in [4.78, 5) is 6.25. The SMILES string of the molecule is Fc1cncc(CN2CCCC(CCCl)C2)c1. The first kappa shape index (κ1) is 12.8. The van der Waals surface area contributed by atoms with Crippen molar-refractivity contribution in [2.24, 2.45) is 5.92 Å². The van der Waals surface area contributed by atoms with E-state index >= 15 is 0 Å². The van der Waals surface area contributed by atoms with E-state index in [1.54, 1.807) is 12.3 Å². The van der Waals surface area contributed by atoms with E-state index in [-0.39, 0.29) is 5.82 Å². The Morgan fingerprint density at radius 2 is 2.35 bits per heavy atom. The van der Waals surface area contributed by atoms with Gasteiger partial charge in [0.05, 0.1) is 6.20 Å². The second-order valence-electron chi connectivity index (χ2n) is 4.73. The Labute approximate surface area is 107 Å². The molecule has 0 saturated carbocycles. The van der Waals surface area contributed by atoms with Crippen molar-refractivity contribution in [1.82, 2.24) is 9.88 Å². The van der Waals surface area contributed by atoms with Crippen molar-refractivity contribution in [3.8, 4) is 0 Å². The molecule has 94 valence electrons. The Bertz CT molecular complexity index is 357. The molecule has 1 fully saturated rings. The molecule has 2 nitrogen and oxygen atoms in total. The van der Waals surface area contributed by atoms with Gasteiger partial charge in [-0.25, -0.2) is 4.39 Å². The molecule has 1 aromatic heterocycles. The fraction of sp³-hybridized carbons (Fsp3) is 0.615. The molecule has 0 aromatic carbocycles. The average Bonchev–Trinajstić information content (AvgIpc) is 2.30. The Hall–Kier alpha value is -0.670. The lowest BCUT2D eigenvalue weighted by molar-refractivity contribution is 0.165. The number of halogens is 2. The molecular formula is C13H18ClFN2. The summed E-state index contributed by atoms with van der Waals surface area (Å²) >= 11 is 5.79. The van der Waals surface area contributed by atoms with Crippen LogP contribution in [0.3, 0.4) is 0 Å². The number of alkyl halides is 1. The van der Waals surface area contributed by atoms with E-state index in [1.165, 1.54) is 19.0 Å². The lowest BCUT2D eigenvalue weighted by Crippen LogP contribution is -2.35. The van der Waals surface area contributed by atoms with Crippen molar-refractivity contribution in [2.75, 3.05) is 19.0 Å². The number of hydrogen-bond acceptors (Lipinski definition) is 2. The van der Waals surface area contributed by atoms with Crippen LogP contribution in [0.2, 0.25) is 0 Å². The highest BCUT2D eigenvalue weighted by atomic mass is 35.5. The minimum atomic E-state index is -0.253. The Balaban J connectivity index is 1.90. The number of pyridine rings is 1. The van der Waals surface area contributed by atoms with Gasteiger partial charge in [-0.3, -0.25) is 9.88 Å². The topological polar surface area (TPSA) is 16.1 Å². The zero-order valence-corrected chi connectivity index (χ0v) is 10.7. The van der Waals surface area contributed by atoms with Gasteiger partial charge in [0, 0.05) is 25.2 Å². The summed E-state index contributed by atoms with van der Waals surface area (Å²) in [5.41, 5.74) is 0.955. The normalized spacial score (nSPS) is 21.6. The van der Waals surface area contributed by atoms with Crippen molar-refractivity contribution >= 4 is 11.6 Å². The van der Waals surface area contributed by atoms with E-state index in [2.05, 4.69) is 9.88 Å². The summed E-state index contributed by atoms with van der Waals surface area (Å²) in [5, 5.41) is 0. The largest absolute Gasteiger partial charge is 0.299 e. The van der Waals surface area contributed by atoms with E-state index in [1.807, 2.05) is 0 Å². The molecule has 0 radical (unpaired) electrons. The summed E-state index contributed by atoms with van der Waals surface area (Å²) in [6.45, 7) is 2.96. The molecule has 17 heavy (non-hydrogen) atoms. The molecule has 0 spiro atoms. The highest BCUT2D eigenvalue weighted by molar-refractivity contribution is 6.17. The predicted molar refractivity (Wildman–Crippen MR) is 67.5 cm³/mol. The number of hydrogen-bond donors (Lipinski definition) is 0. The minimum Gasteiger partial charge on any atom is -0.299 e. The molecule has 1 saturated heterocycles. The molecule has 0 N–H and O–H groups in total. The van der Waals surface area contributed by atoms with Crippen LogP contribution in [0.25, 0.3) is 0 Å². The zero-order valence-electron chi connectivity index (χ0n) is 9.91. The number of nitrogens with zero attached hydrogens (tertiary/aromatic N) is 2. The lowest BCUT2D eigenvalue weighted by Gasteiger charge is -2.32. The third-order valence-electron chi connectivity index (χ3n) is 3.29. The second-order valence-corrected chi connectivity index (χ2v) is 5.11. The van der Waals surface area contributed by atoms with Gasteiger partial charge in [-0.05, 0) is 43.4 Å². The van der Waals surface area contributed by atoms with Crippen LogP contribution >= 0.6 is 11.6 Å². The number of rotatable bonds is 4. The highest BCUT2D eigenvalue weighted by Gasteiger charge is 2.19. The smallest absolute Gasteiger partial charge is 0.141 e. The zero-order chi connectivity index (χ0) is 12.1. The molecule has 2 rings (SSSR count). The van der Waals surface area contributed by atoms with Crippen LogP contribution in [0.1, 0.15) is 24.8 Å². The fourth-order valence-corrected chi connectivity index (χ4v) is 2.79. The molecule has 2 heterocycles. The van der Waals surface area contributed by atoms with Gasteiger partial charge in [0.15, 0.2) is 0 Å². The second kappa shape index (κ2) is 6.31. The Morgan fingerprint density at radius 3 is 3.12 bits per heavy atom. The quantitative estimate of drug-likeness (QED) is 0.770. The van der Waals surface area contributed by atoms with E-state index in [0.717, 1.165) is 37.5 Å². The van der Waals surface area contributed by atoms with Gasteiger partial charge < -0.3 is 0 Å². The van der Waals surface area contributed by atoms with Gasteiger partial charge >= 0.3 is 0 Å². The molecule has 0 aliphatic carbocycles. The molecule has 0 amide bonds. The minimum absolute atomic E-state index is 0.253. The van der Waals surface area contributed by atoms with Crippen LogP contribution in [0, 0.1) is 11.7 Å². The Morgan fingerprint density at radius 1 is 1.47 bits per heavy atom. The van der Waals surface area contributed by atoms with E-state index in [0.29, 0.717) is 5.92 Å². The van der Waals surface area contributed by atoms with Crippen molar-refractivity contribution in [3.05, 3.63) is 29.8 Å². The molecule has 1 atom stereocenters. The highest BCUT2D eigenvalue weighted by Crippen LogP contribution is 2.21. The summed E-state index contributed by atoms with van der Waals surface area (Å²) in [7, 11) is 0. The third-order valence-corrected chi connectivity index (χ3v) is 3.51. The van der Waals surface area contributed by atoms with Crippen LogP contribution in [0.4, 0.5) is 4.39 Å². The van der Waals surface area contributed by atoms with Gasteiger partial charge in [0.2, 0.25) is 0 Å². The van der Waals surface area contributed by atoms with E-state index in [4.69, 9.17) is 11.6 Å². The first-order valence-corrected chi connectivity index (χ1v) is 6.69. The predicted octanol–water partition coefficient (Wildman–Crippen LogP) is 3.06. The first-order valence-electron chi connectivity index (χ1n) is 6.15. The monoisotopic (exact) mass is 256 g/mol. The maximum atomic E-state index is 13.0. The number of aromatic nitrogens is 1. The standard InChI is InChI=1S/C13H18ClFN2/c14-4-3-11-2-1-5-17(9-11)10-12-6-13(15)8-16-7-12/h6-8,11H,1-5,9-10H2. The van der Waals surface area contributed by atoms with E-state index in [9.17, 15) is 4.39 Å². The Kier molecular flexibility index (Phi) is 4.75. The van der Waals surface area contributed by atoms with Gasteiger partial charge in [-0.15, -0.1) is 11.6 Å². The van der Waals surface area contributed by atoms with Crippen LogP contribution in [-0.4, -0.2) is 28.9 Å². The van der Waals surface area contributed by atoms with Crippen LogP contribution in [0.15, 0.2) is 18.5 Å². The van der Waals surface area contributed by atoms with Gasteiger partial charge in [-0.2, -0.15) is 0 Å². The maximum Gasteiger partial charge on any atom is 0.141 e. The first-order chi connectivity index (χ1) is 8.28. The average molecular weight is 257 g/mol. The van der Waals surface area contributed by atoms with E-state index < -0.39 is 0 Å². The van der Waals surface area contributed by atoms with Crippen LogP contribution < -0.4 is 0 Å². The fourth-order valence-electron chi connectivity index (χ4n) is 2.49. The third kappa shape index (κ3) is 3.93. The van der Waals surface area contributed by atoms with Crippen LogP contribution in [0.5, 0.6) is 0 Å². The molecular weight excluding hydrogens is 239 g/mol. The van der Waals surface area contributed by atoms with Crippen LogP contribution in [-0.2, 0) is 6.54 Å². The summed E-state index contributed by atoms with van der Waals surface area (Å²) < 4.78 is 13.0. The summed E-state index contributed by atoms with van der Waals surface area (Å²) in [5.74, 6) is 1.18. The molecule has 4 heteroatoms. The van der Waals surface area contributed by atoms with Crippen molar-refractivity contribution in [3.63, 3.8) is 0 Å². The summed E-state index contributed by atoms with van der Waals surface area (Å²) in [6.07, 6.45) is 6.55.